The summed E-state index contributed by atoms with van der Waals surface area (Å²) in [5, 5.41) is 6.06. The molecule has 35 heavy (non-hydrogen) atoms. The Labute approximate surface area is 206 Å². The molecule has 1 aliphatic carbocycles. The fourth-order valence-electron chi connectivity index (χ4n) is 4.50. The number of carbonyl (C=O) groups is 3. The quantitative estimate of drug-likeness (QED) is 0.463. The van der Waals surface area contributed by atoms with E-state index in [9.17, 15) is 14.4 Å². The van der Waals surface area contributed by atoms with Crippen molar-refractivity contribution in [1.82, 2.24) is 20.2 Å². The second-order valence-electron chi connectivity index (χ2n) is 9.21. The summed E-state index contributed by atoms with van der Waals surface area (Å²) in [6.45, 7) is 2.08. The maximum Gasteiger partial charge on any atom is 0.244 e. The van der Waals surface area contributed by atoms with Gasteiger partial charge in [0.25, 0.3) is 0 Å². The van der Waals surface area contributed by atoms with E-state index in [-0.39, 0.29) is 23.6 Å². The van der Waals surface area contributed by atoms with E-state index < -0.39 is 12.0 Å². The van der Waals surface area contributed by atoms with Gasteiger partial charge in [0.2, 0.25) is 11.8 Å². The molecular formula is C28H32N4O3. The van der Waals surface area contributed by atoms with Crippen molar-refractivity contribution in [1.29, 1.82) is 0 Å². The van der Waals surface area contributed by atoms with Gasteiger partial charge in [0, 0.05) is 29.6 Å². The van der Waals surface area contributed by atoms with Crippen molar-refractivity contribution in [3.63, 3.8) is 0 Å². The first-order valence-corrected chi connectivity index (χ1v) is 12.3. The van der Waals surface area contributed by atoms with E-state index in [1.54, 1.807) is 60.5 Å². The Kier molecular flexibility index (Phi) is 8.08. The first-order chi connectivity index (χ1) is 17.0. The minimum atomic E-state index is -0.727. The molecule has 1 heterocycles. The SMILES string of the molecule is C[C@H](C(=O)N[C@H](Cn1ccnc1)C(=O)NC1CCCCC1)c1cccc(C(=O)c2ccccc2)c1. The predicted molar refractivity (Wildman–Crippen MR) is 134 cm³/mol. The molecule has 2 aromatic carbocycles. The summed E-state index contributed by atoms with van der Waals surface area (Å²) in [6.07, 6.45) is 10.4. The van der Waals surface area contributed by atoms with E-state index in [1.165, 1.54) is 6.42 Å². The maximum atomic E-state index is 13.2. The molecule has 1 fully saturated rings. The highest BCUT2D eigenvalue weighted by Crippen LogP contribution is 2.20. The number of hydrogen-bond donors (Lipinski definition) is 2. The number of benzene rings is 2. The molecule has 2 N–H and O–H groups in total. The smallest absolute Gasteiger partial charge is 0.244 e. The lowest BCUT2D eigenvalue weighted by molar-refractivity contribution is -0.130. The van der Waals surface area contributed by atoms with Gasteiger partial charge in [-0.3, -0.25) is 14.4 Å². The first-order valence-electron chi connectivity index (χ1n) is 12.3. The van der Waals surface area contributed by atoms with E-state index in [2.05, 4.69) is 15.6 Å². The molecule has 0 bridgehead atoms. The van der Waals surface area contributed by atoms with E-state index in [0.717, 1.165) is 31.2 Å². The number of nitrogens with one attached hydrogen (secondary N) is 2. The van der Waals surface area contributed by atoms with Crippen LogP contribution >= 0.6 is 0 Å². The van der Waals surface area contributed by atoms with Crippen LogP contribution in [0.3, 0.4) is 0 Å². The van der Waals surface area contributed by atoms with E-state index in [0.29, 0.717) is 17.7 Å². The summed E-state index contributed by atoms with van der Waals surface area (Å²) in [4.78, 5) is 43.3. The van der Waals surface area contributed by atoms with Crippen molar-refractivity contribution in [2.24, 2.45) is 0 Å². The Morgan fingerprint density at radius 2 is 1.71 bits per heavy atom. The van der Waals surface area contributed by atoms with Crippen molar-refractivity contribution in [3.05, 3.63) is 90.0 Å². The van der Waals surface area contributed by atoms with Gasteiger partial charge in [0.15, 0.2) is 5.78 Å². The lowest BCUT2D eigenvalue weighted by Crippen LogP contribution is -2.52. The largest absolute Gasteiger partial charge is 0.352 e. The molecule has 1 aliphatic rings. The molecule has 182 valence electrons. The monoisotopic (exact) mass is 472 g/mol. The summed E-state index contributed by atoms with van der Waals surface area (Å²) < 4.78 is 1.79. The van der Waals surface area contributed by atoms with Gasteiger partial charge in [-0.2, -0.15) is 0 Å². The third-order valence-corrected chi connectivity index (χ3v) is 6.62. The summed E-state index contributed by atoms with van der Waals surface area (Å²) in [5.74, 6) is -1.08. The van der Waals surface area contributed by atoms with Crippen LogP contribution in [0.4, 0.5) is 0 Å². The number of hydrogen-bond acceptors (Lipinski definition) is 4. The normalized spacial score (nSPS) is 15.7. The Morgan fingerprint density at radius 3 is 2.43 bits per heavy atom. The zero-order valence-electron chi connectivity index (χ0n) is 20.0. The Bertz CT molecular complexity index is 1140. The minimum absolute atomic E-state index is 0.0927. The second kappa shape index (κ2) is 11.6. The Hall–Kier alpha value is -3.74. The molecule has 2 amide bonds. The average Bonchev–Trinajstić information content (AvgIpc) is 3.41. The lowest BCUT2D eigenvalue weighted by atomic mass is 9.94. The van der Waals surface area contributed by atoms with Gasteiger partial charge in [-0.1, -0.05) is 67.8 Å². The van der Waals surface area contributed by atoms with Gasteiger partial charge >= 0.3 is 0 Å². The molecular weight excluding hydrogens is 440 g/mol. The zero-order valence-corrected chi connectivity index (χ0v) is 20.0. The van der Waals surface area contributed by atoms with Gasteiger partial charge in [-0.25, -0.2) is 4.98 Å². The van der Waals surface area contributed by atoms with Crippen LogP contribution in [0, 0.1) is 0 Å². The van der Waals surface area contributed by atoms with Crippen LogP contribution in [-0.4, -0.2) is 39.2 Å². The summed E-state index contributed by atoms with van der Waals surface area (Å²) in [6, 6.07) is 15.6. The fraction of sp³-hybridized carbons (Fsp3) is 0.357. The third-order valence-electron chi connectivity index (χ3n) is 6.62. The maximum absolute atomic E-state index is 13.2. The molecule has 0 spiro atoms. The van der Waals surface area contributed by atoms with Crippen LogP contribution in [0.2, 0.25) is 0 Å². The molecule has 0 radical (unpaired) electrons. The molecule has 0 unspecified atom stereocenters. The number of ketones is 1. The van der Waals surface area contributed by atoms with Gasteiger partial charge in [-0.05, 0) is 31.4 Å². The standard InChI is InChI=1S/C28H32N4O3/c1-20(22-11-8-12-23(17-22)26(33)21-9-4-2-5-10-21)27(34)31-25(18-32-16-15-29-19-32)28(35)30-24-13-6-3-7-14-24/h2,4-5,8-12,15-17,19-20,24-25H,3,6-7,13-14,18H2,1H3,(H,30,35)(H,31,34)/t20-,25+/m0/s1. The number of rotatable bonds is 9. The van der Waals surface area contributed by atoms with Gasteiger partial charge in [0.1, 0.15) is 6.04 Å². The lowest BCUT2D eigenvalue weighted by Gasteiger charge is -2.27. The van der Waals surface area contributed by atoms with Crippen LogP contribution in [0.15, 0.2) is 73.3 Å². The minimum Gasteiger partial charge on any atom is -0.352 e. The number of imidazole rings is 1. The van der Waals surface area contributed by atoms with E-state index in [1.807, 2.05) is 24.3 Å². The van der Waals surface area contributed by atoms with Crippen LogP contribution in [0.25, 0.3) is 0 Å². The van der Waals surface area contributed by atoms with Gasteiger partial charge < -0.3 is 15.2 Å². The van der Waals surface area contributed by atoms with E-state index >= 15 is 0 Å². The molecule has 7 heteroatoms. The number of aromatic nitrogens is 2. The van der Waals surface area contributed by atoms with Crippen molar-refractivity contribution in [2.75, 3.05) is 0 Å². The average molecular weight is 473 g/mol. The topological polar surface area (TPSA) is 93.1 Å². The number of amides is 2. The second-order valence-corrected chi connectivity index (χ2v) is 9.21. The Morgan fingerprint density at radius 1 is 0.971 bits per heavy atom. The van der Waals surface area contributed by atoms with Crippen LogP contribution in [0.1, 0.15) is 66.4 Å². The highest BCUT2D eigenvalue weighted by Gasteiger charge is 2.27. The highest BCUT2D eigenvalue weighted by molar-refractivity contribution is 6.09. The Balaban J connectivity index is 1.46. The highest BCUT2D eigenvalue weighted by atomic mass is 16.2. The van der Waals surface area contributed by atoms with Crippen LogP contribution in [-0.2, 0) is 16.1 Å². The molecule has 1 saturated carbocycles. The van der Waals surface area contributed by atoms with Crippen LogP contribution in [0.5, 0.6) is 0 Å². The molecule has 4 rings (SSSR count). The number of nitrogens with zero attached hydrogens (tertiary/aromatic N) is 2. The molecule has 0 saturated heterocycles. The zero-order chi connectivity index (χ0) is 24.6. The van der Waals surface area contributed by atoms with Crippen molar-refractivity contribution in [2.45, 2.75) is 63.6 Å². The third kappa shape index (κ3) is 6.44. The molecule has 3 aromatic rings. The molecule has 2 atom stereocenters. The van der Waals surface area contributed by atoms with Crippen molar-refractivity contribution < 1.29 is 14.4 Å². The van der Waals surface area contributed by atoms with Crippen molar-refractivity contribution >= 4 is 17.6 Å². The van der Waals surface area contributed by atoms with Crippen LogP contribution < -0.4 is 10.6 Å². The summed E-state index contributed by atoms with van der Waals surface area (Å²) in [7, 11) is 0. The first kappa shape index (κ1) is 24.4. The fourth-order valence-corrected chi connectivity index (χ4v) is 4.50. The number of carbonyl (C=O) groups excluding carboxylic acids is 3. The van der Waals surface area contributed by atoms with Crippen molar-refractivity contribution in [3.8, 4) is 0 Å². The molecule has 0 aliphatic heterocycles. The van der Waals surface area contributed by atoms with E-state index in [4.69, 9.17) is 0 Å². The van der Waals surface area contributed by atoms with Gasteiger partial charge in [0.05, 0.1) is 18.8 Å². The van der Waals surface area contributed by atoms with Gasteiger partial charge in [-0.15, -0.1) is 0 Å². The summed E-state index contributed by atoms with van der Waals surface area (Å²) >= 11 is 0. The molecule has 7 nitrogen and oxygen atoms in total. The molecule has 1 aromatic heterocycles. The summed E-state index contributed by atoms with van der Waals surface area (Å²) in [5.41, 5.74) is 1.85. The predicted octanol–water partition coefficient (Wildman–Crippen LogP) is 3.85.